The van der Waals surface area contributed by atoms with E-state index in [1.807, 2.05) is 0 Å². The van der Waals surface area contributed by atoms with Crippen LogP contribution < -0.4 is 4.72 Å². The lowest BCUT2D eigenvalue weighted by atomic mass is 10.3. The van der Waals surface area contributed by atoms with Gasteiger partial charge in [0.2, 0.25) is 10.0 Å². The summed E-state index contributed by atoms with van der Waals surface area (Å²) in [7, 11) is -3.95. The van der Waals surface area contributed by atoms with Crippen molar-refractivity contribution in [2.45, 2.75) is 18.4 Å². The van der Waals surface area contributed by atoms with E-state index in [1.54, 1.807) is 6.92 Å². The summed E-state index contributed by atoms with van der Waals surface area (Å²) < 4.78 is 40.0. The van der Waals surface area contributed by atoms with Crippen molar-refractivity contribution in [3.05, 3.63) is 45.4 Å². The van der Waals surface area contributed by atoms with Gasteiger partial charge >= 0.3 is 0 Å². The fraction of sp³-hybridized carbons (Fsp3) is 0.182. The van der Waals surface area contributed by atoms with Crippen LogP contribution >= 0.6 is 23.2 Å². The Labute approximate surface area is 125 Å². The van der Waals surface area contributed by atoms with Gasteiger partial charge in [0.15, 0.2) is 5.82 Å². The minimum Gasteiger partial charge on any atom is -0.283 e. The highest BCUT2D eigenvalue weighted by Crippen LogP contribution is 2.29. The molecule has 1 heterocycles. The first-order chi connectivity index (χ1) is 9.33. The first-order valence-corrected chi connectivity index (χ1v) is 7.69. The average molecular weight is 338 g/mol. The Balaban J connectivity index is 2.27. The Hall–Kier alpha value is -1.15. The van der Waals surface area contributed by atoms with Crippen LogP contribution in [0.1, 0.15) is 11.3 Å². The third-order valence-corrected chi connectivity index (χ3v) is 4.89. The highest BCUT2D eigenvalue weighted by molar-refractivity contribution is 7.89. The molecule has 9 heteroatoms. The van der Waals surface area contributed by atoms with Gasteiger partial charge in [0.1, 0.15) is 4.90 Å². The number of aryl methyl sites for hydroxylation is 1. The highest BCUT2D eigenvalue weighted by atomic mass is 35.5. The molecule has 2 aromatic rings. The highest BCUT2D eigenvalue weighted by Gasteiger charge is 2.22. The Morgan fingerprint density at radius 3 is 2.70 bits per heavy atom. The van der Waals surface area contributed by atoms with Crippen LogP contribution in [0.15, 0.2) is 23.2 Å². The van der Waals surface area contributed by atoms with Gasteiger partial charge in [-0.1, -0.05) is 23.2 Å². The molecule has 5 nitrogen and oxygen atoms in total. The fourth-order valence-corrected chi connectivity index (χ4v) is 3.27. The first kappa shape index (κ1) is 15.2. The Kier molecular flexibility index (Phi) is 4.33. The van der Waals surface area contributed by atoms with Crippen LogP contribution in [0.2, 0.25) is 10.0 Å². The number of nitrogens with one attached hydrogen (secondary N) is 2. The molecule has 0 spiro atoms. The maximum atomic E-state index is 13.5. The van der Waals surface area contributed by atoms with Crippen molar-refractivity contribution in [1.29, 1.82) is 0 Å². The third-order valence-electron chi connectivity index (χ3n) is 2.68. The quantitative estimate of drug-likeness (QED) is 0.842. The number of halogens is 3. The van der Waals surface area contributed by atoms with Gasteiger partial charge in [-0.3, -0.25) is 5.10 Å². The predicted molar refractivity (Wildman–Crippen MR) is 73.8 cm³/mol. The summed E-state index contributed by atoms with van der Waals surface area (Å²) in [6.45, 7) is 1.77. The van der Waals surface area contributed by atoms with Crippen LogP contribution in [0.3, 0.4) is 0 Å². The van der Waals surface area contributed by atoms with Gasteiger partial charge in [-0.15, -0.1) is 0 Å². The zero-order valence-corrected chi connectivity index (χ0v) is 12.6. The SMILES string of the molecule is Cc1[nH]ncc1CNS(=O)(=O)c1ccc(Cl)c(F)c1Cl. The largest absolute Gasteiger partial charge is 0.283 e. The van der Waals surface area contributed by atoms with E-state index < -0.39 is 20.9 Å². The maximum Gasteiger partial charge on any atom is 0.242 e. The topological polar surface area (TPSA) is 74.8 Å². The summed E-state index contributed by atoms with van der Waals surface area (Å²) in [6.07, 6.45) is 1.50. The number of aromatic amines is 1. The Bertz CT molecular complexity index is 746. The van der Waals surface area contributed by atoms with Crippen molar-refractivity contribution >= 4 is 33.2 Å². The molecule has 0 radical (unpaired) electrons. The maximum absolute atomic E-state index is 13.5. The van der Waals surface area contributed by atoms with Crippen LogP contribution in [-0.2, 0) is 16.6 Å². The number of nitrogens with zero attached hydrogens (tertiary/aromatic N) is 1. The van der Waals surface area contributed by atoms with Crippen molar-refractivity contribution in [3.8, 4) is 0 Å². The second-order valence-electron chi connectivity index (χ2n) is 4.02. The van der Waals surface area contributed by atoms with E-state index in [-0.39, 0.29) is 16.5 Å². The summed E-state index contributed by atoms with van der Waals surface area (Å²) in [5.74, 6) is -0.962. The molecule has 20 heavy (non-hydrogen) atoms. The van der Waals surface area contributed by atoms with Crippen LogP contribution in [0.25, 0.3) is 0 Å². The summed E-state index contributed by atoms with van der Waals surface area (Å²) in [5.41, 5.74) is 1.42. The van der Waals surface area contributed by atoms with Crippen LogP contribution in [-0.4, -0.2) is 18.6 Å². The molecule has 0 atom stereocenters. The second kappa shape index (κ2) is 5.69. The van der Waals surface area contributed by atoms with E-state index in [0.29, 0.717) is 5.56 Å². The number of benzene rings is 1. The smallest absolute Gasteiger partial charge is 0.242 e. The normalized spacial score (nSPS) is 11.8. The van der Waals surface area contributed by atoms with Gasteiger partial charge in [0, 0.05) is 17.8 Å². The molecule has 0 amide bonds. The number of H-pyrrole nitrogens is 1. The van der Waals surface area contributed by atoms with E-state index >= 15 is 0 Å². The molecule has 0 aliphatic heterocycles. The molecule has 108 valence electrons. The fourth-order valence-electron chi connectivity index (χ4n) is 1.52. The van der Waals surface area contributed by atoms with Crippen LogP contribution in [0, 0.1) is 12.7 Å². The number of aromatic nitrogens is 2. The van der Waals surface area contributed by atoms with Crippen LogP contribution in [0.4, 0.5) is 4.39 Å². The minimum atomic E-state index is -3.95. The monoisotopic (exact) mass is 337 g/mol. The molecular weight excluding hydrogens is 328 g/mol. The molecule has 0 aliphatic carbocycles. The van der Waals surface area contributed by atoms with E-state index in [1.165, 1.54) is 6.20 Å². The third kappa shape index (κ3) is 2.95. The zero-order valence-electron chi connectivity index (χ0n) is 10.2. The van der Waals surface area contributed by atoms with Crippen molar-refractivity contribution in [2.24, 2.45) is 0 Å². The number of hydrogen-bond donors (Lipinski definition) is 2. The molecule has 2 rings (SSSR count). The number of sulfonamides is 1. The van der Waals surface area contributed by atoms with Crippen molar-refractivity contribution in [1.82, 2.24) is 14.9 Å². The van der Waals surface area contributed by atoms with Crippen molar-refractivity contribution in [2.75, 3.05) is 0 Å². The lowest BCUT2D eigenvalue weighted by Crippen LogP contribution is -2.24. The standard InChI is InChI=1S/C11H10Cl2FN3O2S/c1-6-7(4-15-17-6)5-16-20(18,19)9-3-2-8(12)11(14)10(9)13/h2-4,16H,5H2,1H3,(H,15,17). The van der Waals surface area contributed by atoms with Gasteiger partial charge < -0.3 is 0 Å². The van der Waals surface area contributed by atoms with Gasteiger partial charge in [0.05, 0.1) is 16.2 Å². The van der Waals surface area contributed by atoms with Gasteiger partial charge in [-0.05, 0) is 19.1 Å². The first-order valence-electron chi connectivity index (χ1n) is 5.45. The lowest BCUT2D eigenvalue weighted by molar-refractivity contribution is 0.577. The minimum absolute atomic E-state index is 0.0191. The van der Waals surface area contributed by atoms with Crippen molar-refractivity contribution < 1.29 is 12.8 Å². The molecule has 1 aromatic heterocycles. The molecule has 0 fully saturated rings. The molecule has 0 bridgehead atoms. The van der Waals surface area contributed by atoms with Gasteiger partial charge in [-0.2, -0.15) is 5.10 Å². The van der Waals surface area contributed by atoms with Crippen LogP contribution in [0.5, 0.6) is 0 Å². The molecule has 0 saturated carbocycles. The molecule has 2 N–H and O–H groups in total. The molecular formula is C11H10Cl2FN3O2S. The number of hydrogen-bond acceptors (Lipinski definition) is 3. The van der Waals surface area contributed by atoms with E-state index in [9.17, 15) is 12.8 Å². The van der Waals surface area contributed by atoms with E-state index in [0.717, 1.165) is 17.8 Å². The Morgan fingerprint density at radius 1 is 1.40 bits per heavy atom. The second-order valence-corrected chi connectivity index (χ2v) is 6.54. The summed E-state index contributed by atoms with van der Waals surface area (Å²) >= 11 is 11.2. The van der Waals surface area contributed by atoms with Crippen molar-refractivity contribution in [3.63, 3.8) is 0 Å². The molecule has 0 unspecified atom stereocenters. The molecule has 1 aromatic carbocycles. The molecule has 0 saturated heterocycles. The van der Waals surface area contributed by atoms with E-state index in [4.69, 9.17) is 23.2 Å². The summed E-state index contributed by atoms with van der Waals surface area (Å²) in [6, 6.07) is 2.29. The zero-order chi connectivity index (χ0) is 14.9. The molecule has 0 aliphatic rings. The van der Waals surface area contributed by atoms with Gasteiger partial charge in [-0.25, -0.2) is 17.5 Å². The van der Waals surface area contributed by atoms with Gasteiger partial charge in [0.25, 0.3) is 0 Å². The number of rotatable bonds is 4. The Morgan fingerprint density at radius 2 is 2.10 bits per heavy atom. The predicted octanol–water partition coefficient (Wildman–Crippen LogP) is 2.64. The summed E-state index contributed by atoms with van der Waals surface area (Å²) in [5, 5.41) is 5.69. The average Bonchev–Trinajstić information content (AvgIpc) is 2.79. The summed E-state index contributed by atoms with van der Waals surface area (Å²) in [4.78, 5) is -0.359. The van der Waals surface area contributed by atoms with E-state index in [2.05, 4.69) is 14.9 Å². The lowest BCUT2D eigenvalue weighted by Gasteiger charge is -2.09.